The Bertz CT molecular complexity index is 334. The fourth-order valence-corrected chi connectivity index (χ4v) is 1.15. The van der Waals surface area contributed by atoms with Crippen molar-refractivity contribution in [3.8, 4) is 5.75 Å². The van der Waals surface area contributed by atoms with Crippen molar-refractivity contribution in [1.29, 1.82) is 5.41 Å². The number of nitrogens with two attached hydrogens (primary N) is 1. The van der Waals surface area contributed by atoms with Crippen LogP contribution < -0.4 is 10.5 Å². The zero-order valence-electron chi connectivity index (χ0n) is 8.63. The summed E-state index contributed by atoms with van der Waals surface area (Å²) in [5.41, 5.74) is 7.59. The van der Waals surface area contributed by atoms with E-state index >= 15 is 0 Å². The molecule has 0 aliphatic rings. The van der Waals surface area contributed by atoms with Gasteiger partial charge in [0.1, 0.15) is 5.75 Å². The van der Waals surface area contributed by atoms with Crippen LogP contribution in [0.4, 0.5) is 0 Å². The van der Waals surface area contributed by atoms with E-state index in [0.717, 1.165) is 11.3 Å². The van der Waals surface area contributed by atoms with E-state index < -0.39 is 0 Å². The molecule has 1 rings (SSSR count). The van der Waals surface area contributed by atoms with Crippen LogP contribution >= 0.6 is 0 Å². The summed E-state index contributed by atoms with van der Waals surface area (Å²) >= 11 is 0. The lowest BCUT2D eigenvalue weighted by Gasteiger charge is -2.10. The smallest absolute Gasteiger partial charge is 0.122 e. The fourth-order valence-electron chi connectivity index (χ4n) is 1.15. The van der Waals surface area contributed by atoms with Crippen molar-refractivity contribution in [3.05, 3.63) is 29.3 Å². The van der Waals surface area contributed by atoms with Gasteiger partial charge in [-0.15, -0.1) is 0 Å². The lowest BCUT2D eigenvalue weighted by atomic mass is 10.1. The highest BCUT2D eigenvalue weighted by molar-refractivity contribution is 5.76. The third-order valence-corrected chi connectivity index (χ3v) is 2.18. The Morgan fingerprint density at radius 2 is 2.14 bits per heavy atom. The van der Waals surface area contributed by atoms with E-state index in [1.54, 1.807) is 0 Å². The fraction of sp³-hybridized carbons (Fsp3) is 0.364. The summed E-state index contributed by atoms with van der Waals surface area (Å²) in [7, 11) is 0. The normalized spacial score (nSPS) is 9.86. The van der Waals surface area contributed by atoms with Crippen LogP contribution in [-0.2, 0) is 0 Å². The number of benzene rings is 1. The molecule has 14 heavy (non-hydrogen) atoms. The van der Waals surface area contributed by atoms with Crippen LogP contribution in [0.15, 0.2) is 18.2 Å². The molecule has 1 aromatic rings. The summed E-state index contributed by atoms with van der Waals surface area (Å²) in [4.78, 5) is 0. The molecule has 0 unspecified atom stereocenters. The molecular weight excluding hydrogens is 176 g/mol. The van der Waals surface area contributed by atoms with Crippen molar-refractivity contribution in [2.24, 2.45) is 5.73 Å². The summed E-state index contributed by atoms with van der Waals surface area (Å²) in [6, 6.07) is 5.95. The SMILES string of the molecule is Cc1cccc(OCCC(=N)N)c1C. The molecule has 0 heterocycles. The van der Waals surface area contributed by atoms with Crippen LogP contribution in [0.2, 0.25) is 0 Å². The van der Waals surface area contributed by atoms with Gasteiger partial charge in [-0.25, -0.2) is 0 Å². The van der Waals surface area contributed by atoms with E-state index in [2.05, 4.69) is 0 Å². The summed E-state index contributed by atoms with van der Waals surface area (Å²) in [5.74, 6) is 1.04. The lowest BCUT2D eigenvalue weighted by Crippen LogP contribution is -2.14. The van der Waals surface area contributed by atoms with Crippen molar-refractivity contribution in [2.75, 3.05) is 6.61 Å². The second kappa shape index (κ2) is 4.65. The molecule has 0 spiro atoms. The molecule has 0 bridgehead atoms. The first kappa shape index (κ1) is 10.6. The Morgan fingerprint density at radius 3 is 2.79 bits per heavy atom. The van der Waals surface area contributed by atoms with Gasteiger partial charge in [-0.3, -0.25) is 5.41 Å². The second-order valence-corrected chi connectivity index (χ2v) is 3.32. The maximum absolute atomic E-state index is 7.05. The van der Waals surface area contributed by atoms with Crippen LogP contribution in [0.5, 0.6) is 5.75 Å². The Morgan fingerprint density at radius 1 is 1.43 bits per heavy atom. The number of nitrogens with one attached hydrogen (secondary N) is 1. The molecular formula is C11H16N2O. The molecule has 1 aromatic carbocycles. The van der Waals surface area contributed by atoms with Crippen LogP contribution in [-0.4, -0.2) is 12.4 Å². The molecule has 3 heteroatoms. The number of amidine groups is 1. The number of rotatable bonds is 4. The zero-order chi connectivity index (χ0) is 10.6. The Hall–Kier alpha value is -1.51. The predicted octanol–water partition coefficient (Wildman–Crippen LogP) is 2.01. The summed E-state index contributed by atoms with van der Waals surface area (Å²) in [6.07, 6.45) is 0.480. The molecule has 0 atom stereocenters. The van der Waals surface area contributed by atoms with E-state index in [1.165, 1.54) is 5.56 Å². The largest absolute Gasteiger partial charge is 0.493 e. The van der Waals surface area contributed by atoms with Gasteiger partial charge in [0, 0.05) is 6.42 Å². The Balaban J connectivity index is 2.59. The highest BCUT2D eigenvalue weighted by Crippen LogP contribution is 2.20. The van der Waals surface area contributed by atoms with E-state index in [1.807, 2.05) is 32.0 Å². The van der Waals surface area contributed by atoms with Gasteiger partial charge in [-0.1, -0.05) is 12.1 Å². The third kappa shape index (κ3) is 2.76. The summed E-state index contributed by atoms with van der Waals surface area (Å²) < 4.78 is 5.51. The van der Waals surface area contributed by atoms with Gasteiger partial charge in [0.05, 0.1) is 12.4 Å². The van der Waals surface area contributed by atoms with E-state index in [0.29, 0.717) is 13.0 Å². The van der Waals surface area contributed by atoms with Crippen molar-refractivity contribution >= 4 is 5.84 Å². The van der Waals surface area contributed by atoms with E-state index in [9.17, 15) is 0 Å². The van der Waals surface area contributed by atoms with Gasteiger partial charge < -0.3 is 10.5 Å². The Kier molecular flexibility index (Phi) is 3.51. The number of hydrogen-bond acceptors (Lipinski definition) is 2. The second-order valence-electron chi connectivity index (χ2n) is 3.32. The number of aryl methyl sites for hydroxylation is 1. The standard InChI is InChI=1S/C11H16N2O/c1-8-4-3-5-10(9(8)2)14-7-6-11(12)13/h3-5H,6-7H2,1-2H3,(H3,12,13). The summed E-state index contributed by atoms with van der Waals surface area (Å²) in [5, 5.41) is 7.05. The first-order chi connectivity index (χ1) is 6.61. The first-order valence-corrected chi connectivity index (χ1v) is 4.63. The molecule has 0 aromatic heterocycles. The minimum Gasteiger partial charge on any atom is -0.493 e. The van der Waals surface area contributed by atoms with Gasteiger partial charge in [-0.2, -0.15) is 0 Å². The topological polar surface area (TPSA) is 59.1 Å². The molecule has 76 valence electrons. The highest BCUT2D eigenvalue weighted by atomic mass is 16.5. The molecule has 3 nitrogen and oxygen atoms in total. The molecule has 3 N–H and O–H groups in total. The first-order valence-electron chi connectivity index (χ1n) is 4.63. The third-order valence-electron chi connectivity index (χ3n) is 2.18. The van der Waals surface area contributed by atoms with Gasteiger partial charge >= 0.3 is 0 Å². The molecule has 0 saturated carbocycles. The quantitative estimate of drug-likeness (QED) is 0.566. The average Bonchev–Trinajstić information content (AvgIpc) is 2.12. The minimum atomic E-state index is 0.162. The summed E-state index contributed by atoms with van der Waals surface area (Å²) in [6.45, 7) is 4.55. The average molecular weight is 192 g/mol. The number of ether oxygens (including phenoxy) is 1. The van der Waals surface area contributed by atoms with Crippen LogP contribution in [0.25, 0.3) is 0 Å². The molecule has 0 fully saturated rings. The van der Waals surface area contributed by atoms with Crippen molar-refractivity contribution < 1.29 is 4.74 Å². The monoisotopic (exact) mass is 192 g/mol. The van der Waals surface area contributed by atoms with Gasteiger partial charge in [0.15, 0.2) is 0 Å². The molecule has 0 aliphatic heterocycles. The predicted molar refractivity (Wildman–Crippen MR) is 57.9 cm³/mol. The molecule has 0 aliphatic carbocycles. The molecule has 0 saturated heterocycles. The van der Waals surface area contributed by atoms with Crippen molar-refractivity contribution in [2.45, 2.75) is 20.3 Å². The maximum atomic E-state index is 7.05. The van der Waals surface area contributed by atoms with Crippen LogP contribution in [0, 0.1) is 19.3 Å². The van der Waals surface area contributed by atoms with E-state index in [4.69, 9.17) is 15.9 Å². The van der Waals surface area contributed by atoms with Crippen molar-refractivity contribution in [3.63, 3.8) is 0 Å². The van der Waals surface area contributed by atoms with Gasteiger partial charge in [0.25, 0.3) is 0 Å². The highest BCUT2D eigenvalue weighted by Gasteiger charge is 2.01. The molecule has 0 radical (unpaired) electrons. The zero-order valence-corrected chi connectivity index (χ0v) is 8.63. The van der Waals surface area contributed by atoms with Crippen LogP contribution in [0.3, 0.4) is 0 Å². The van der Waals surface area contributed by atoms with Gasteiger partial charge in [0.2, 0.25) is 0 Å². The molecule has 0 amide bonds. The number of hydrogen-bond donors (Lipinski definition) is 2. The Labute approximate surface area is 84.4 Å². The van der Waals surface area contributed by atoms with Crippen molar-refractivity contribution in [1.82, 2.24) is 0 Å². The van der Waals surface area contributed by atoms with E-state index in [-0.39, 0.29) is 5.84 Å². The van der Waals surface area contributed by atoms with Crippen LogP contribution in [0.1, 0.15) is 17.5 Å². The minimum absolute atomic E-state index is 0.162. The van der Waals surface area contributed by atoms with Gasteiger partial charge in [-0.05, 0) is 31.0 Å². The maximum Gasteiger partial charge on any atom is 0.122 e. The lowest BCUT2D eigenvalue weighted by molar-refractivity contribution is 0.326.